The van der Waals surface area contributed by atoms with E-state index in [4.69, 9.17) is 9.47 Å². The molecule has 0 aromatic heterocycles. The van der Waals surface area contributed by atoms with Gasteiger partial charge in [0.1, 0.15) is 5.78 Å². The van der Waals surface area contributed by atoms with E-state index in [-0.39, 0.29) is 24.2 Å². The molecule has 0 fully saturated rings. The molecule has 2 aromatic carbocycles. The highest BCUT2D eigenvalue weighted by molar-refractivity contribution is 6.14. The predicted octanol–water partition coefficient (Wildman–Crippen LogP) is 2.03. The molecule has 1 N–H and O–H groups in total. The van der Waals surface area contributed by atoms with Gasteiger partial charge in [-0.1, -0.05) is 0 Å². The number of nitro groups is 1. The van der Waals surface area contributed by atoms with Crippen LogP contribution in [0.5, 0.6) is 11.5 Å². The maximum Gasteiger partial charge on any atom is 0.269 e. The highest BCUT2D eigenvalue weighted by Gasteiger charge is 2.36. The normalized spacial score (nSPS) is 17.8. The summed E-state index contributed by atoms with van der Waals surface area (Å²) >= 11 is 0. The average Bonchev–Trinajstić information content (AvgIpc) is 3.14. The first kappa shape index (κ1) is 21.4. The third kappa shape index (κ3) is 3.80. The second kappa shape index (κ2) is 8.39. The molecule has 2 aliphatic rings. The molecule has 0 radical (unpaired) electrons. The fourth-order valence-electron chi connectivity index (χ4n) is 4.10. The minimum atomic E-state index is -0.642. The van der Waals surface area contributed by atoms with Gasteiger partial charge >= 0.3 is 0 Å². The summed E-state index contributed by atoms with van der Waals surface area (Å²) in [5.41, 5.74) is 2.51. The second-order valence-corrected chi connectivity index (χ2v) is 7.63. The Bertz CT molecular complexity index is 1130. The molecular weight excluding hydrogens is 416 g/mol. The van der Waals surface area contributed by atoms with E-state index in [1.165, 1.54) is 31.0 Å². The summed E-state index contributed by atoms with van der Waals surface area (Å²) < 4.78 is 11.1. The molecule has 2 heterocycles. The zero-order valence-corrected chi connectivity index (χ0v) is 17.8. The van der Waals surface area contributed by atoms with Crippen molar-refractivity contribution in [1.29, 1.82) is 0 Å². The highest BCUT2D eigenvalue weighted by atomic mass is 16.7. The summed E-state index contributed by atoms with van der Waals surface area (Å²) in [6.45, 7) is 2.95. The number of nitrogens with zero attached hydrogens (tertiary/aromatic N) is 3. The van der Waals surface area contributed by atoms with Crippen molar-refractivity contribution in [3.63, 3.8) is 0 Å². The Morgan fingerprint density at radius 1 is 1.19 bits per heavy atom. The van der Waals surface area contributed by atoms with Gasteiger partial charge in [-0.15, -0.1) is 0 Å². The van der Waals surface area contributed by atoms with Crippen LogP contribution in [0.15, 0.2) is 41.5 Å². The molecular formula is C22H22N4O6. The molecule has 0 saturated heterocycles. The molecule has 0 saturated carbocycles. The molecule has 0 spiro atoms. The number of fused-ring (bicyclic) bond motifs is 2. The Hall–Kier alpha value is -3.79. The van der Waals surface area contributed by atoms with Crippen LogP contribution in [0.4, 0.5) is 5.69 Å². The Morgan fingerprint density at radius 2 is 1.84 bits per heavy atom. The largest absolute Gasteiger partial charge is 0.454 e. The van der Waals surface area contributed by atoms with Gasteiger partial charge < -0.3 is 14.8 Å². The zero-order chi connectivity index (χ0) is 23.0. The number of carbonyl (C=O) groups excluding carboxylic acids is 2. The molecule has 1 amide bonds. The molecule has 0 bridgehead atoms. The molecule has 32 heavy (non-hydrogen) atoms. The van der Waals surface area contributed by atoms with Gasteiger partial charge in [0.05, 0.1) is 22.7 Å². The van der Waals surface area contributed by atoms with Gasteiger partial charge in [0.2, 0.25) is 12.7 Å². The van der Waals surface area contributed by atoms with Crippen LogP contribution in [0.25, 0.3) is 0 Å². The summed E-state index contributed by atoms with van der Waals surface area (Å²) in [6, 6.07) is 8.35. The van der Waals surface area contributed by atoms with Crippen LogP contribution in [0.3, 0.4) is 0 Å². The molecule has 2 aromatic rings. The van der Waals surface area contributed by atoms with Crippen LogP contribution >= 0.6 is 0 Å². The third-order valence-corrected chi connectivity index (χ3v) is 5.61. The number of Topliss-reactive ketones (excluding diaryl/α,β-unsaturated/α-hetero) is 1. The maximum absolute atomic E-state index is 12.6. The van der Waals surface area contributed by atoms with E-state index in [0.29, 0.717) is 34.8 Å². The van der Waals surface area contributed by atoms with Crippen LogP contribution in [-0.4, -0.2) is 53.3 Å². The number of likely N-dealkylation sites (N-methyl/N-ethyl adjacent to an activating group) is 1. The SMILES string of the molecule is CNC(C(C)=O)C1Cc2cc3c(cc2C(c2ccc([N+](=O)[O-])cc2)=NN1C(C)=O)OCO3. The molecule has 10 nitrogen and oxygen atoms in total. The number of rotatable bonds is 5. The fraction of sp³-hybridized carbons (Fsp3) is 0.318. The monoisotopic (exact) mass is 438 g/mol. The van der Waals surface area contributed by atoms with Gasteiger partial charge in [0.25, 0.3) is 5.69 Å². The number of ether oxygens (including phenoxy) is 2. The number of amides is 1. The Morgan fingerprint density at radius 3 is 2.41 bits per heavy atom. The first-order valence-corrected chi connectivity index (χ1v) is 10.0. The van der Waals surface area contributed by atoms with Crippen molar-refractivity contribution in [2.24, 2.45) is 5.10 Å². The lowest BCUT2D eigenvalue weighted by Gasteiger charge is -2.31. The predicted molar refractivity (Wildman–Crippen MR) is 115 cm³/mol. The van der Waals surface area contributed by atoms with E-state index in [9.17, 15) is 19.7 Å². The first-order valence-electron chi connectivity index (χ1n) is 10.0. The van der Waals surface area contributed by atoms with Crippen LogP contribution in [-0.2, 0) is 16.0 Å². The molecule has 2 aliphatic heterocycles. The minimum absolute atomic E-state index is 0.0537. The molecule has 10 heteroatoms. The van der Waals surface area contributed by atoms with E-state index in [1.54, 1.807) is 25.2 Å². The molecule has 2 atom stereocenters. The second-order valence-electron chi connectivity index (χ2n) is 7.63. The van der Waals surface area contributed by atoms with Crippen molar-refractivity contribution >= 4 is 23.1 Å². The van der Waals surface area contributed by atoms with Crippen molar-refractivity contribution in [3.8, 4) is 11.5 Å². The molecule has 4 rings (SSSR count). The van der Waals surface area contributed by atoms with Gasteiger partial charge in [-0.3, -0.25) is 19.7 Å². The summed E-state index contributed by atoms with van der Waals surface area (Å²) in [5.74, 6) is 0.664. The van der Waals surface area contributed by atoms with E-state index in [2.05, 4.69) is 10.4 Å². The van der Waals surface area contributed by atoms with Crippen molar-refractivity contribution in [1.82, 2.24) is 10.3 Å². The van der Waals surface area contributed by atoms with E-state index < -0.39 is 17.0 Å². The first-order chi connectivity index (χ1) is 15.3. The molecule has 166 valence electrons. The van der Waals surface area contributed by atoms with Gasteiger partial charge in [-0.2, -0.15) is 5.10 Å². The number of hydrogen-bond acceptors (Lipinski definition) is 8. The van der Waals surface area contributed by atoms with Crippen molar-refractivity contribution in [2.45, 2.75) is 32.4 Å². The zero-order valence-electron chi connectivity index (χ0n) is 17.8. The van der Waals surface area contributed by atoms with Crippen molar-refractivity contribution in [2.75, 3.05) is 13.8 Å². The van der Waals surface area contributed by atoms with Crippen LogP contribution < -0.4 is 14.8 Å². The number of hydrogen-bond donors (Lipinski definition) is 1. The lowest BCUT2D eigenvalue weighted by atomic mass is 9.91. The smallest absolute Gasteiger partial charge is 0.269 e. The molecule has 0 aliphatic carbocycles. The van der Waals surface area contributed by atoms with Crippen LogP contribution in [0, 0.1) is 10.1 Å². The number of hydrazone groups is 1. The van der Waals surface area contributed by atoms with Gasteiger partial charge in [0.15, 0.2) is 11.5 Å². The topological polar surface area (TPSA) is 123 Å². The van der Waals surface area contributed by atoms with Gasteiger partial charge in [-0.05, 0) is 50.2 Å². The Kier molecular flexibility index (Phi) is 5.62. The van der Waals surface area contributed by atoms with Crippen molar-refractivity contribution in [3.05, 3.63) is 63.2 Å². The fourth-order valence-corrected chi connectivity index (χ4v) is 4.10. The Labute approximate surface area is 184 Å². The van der Waals surface area contributed by atoms with Crippen molar-refractivity contribution < 1.29 is 24.0 Å². The van der Waals surface area contributed by atoms with E-state index >= 15 is 0 Å². The number of non-ortho nitro benzene ring substituents is 1. The van der Waals surface area contributed by atoms with E-state index in [1.807, 2.05) is 6.07 Å². The third-order valence-electron chi connectivity index (χ3n) is 5.61. The summed E-state index contributed by atoms with van der Waals surface area (Å²) in [7, 11) is 1.66. The maximum atomic E-state index is 12.6. The van der Waals surface area contributed by atoms with Crippen LogP contribution in [0.1, 0.15) is 30.5 Å². The van der Waals surface area contributed by atoms with Crippen LogP contribution in [0.2, 0.25) is 0 Å². The number of ketones is 1. The lowest BCUT2D eigenvalue weighted by molar-refractivity contribution is -0.384. The Balaban J connectivity index is 1.92. The lowest BCUT2D eigenvalue weighted by Crippen LogP contribution is -2.53. The average molecular weight is 438 g/mol. The van der Waals surface area contributed by atoms with Gasteiger partial charge in [0, 0.05) is 30.2 Å². The van der Waals surface area contributed by atoms with Gasteiger partial charge in [-0.25, -0.2) is 5.01 Å². The standard InChI is InChI=1S/C22H22N4O6/c1-12(27)21(23-3)18-8-15-9-19-20(32-11-31-19)10-17(15)22(24-25(18)13(2)28)14-4-6-16(7-5-14)26(29)30/h4-7,9-10,18,21,23H,8,11H2,1-3H3. The number of nitro benzene ring substituents is 1. The van der Waals surface area contributed by atoms with E-state index in [0.717, 1.165) is 5.56 Å². The highest BCUT2D eigenvalue weighted by Crippen LogP contribution is 2.38. The quantitative estimate of drug-likeness (QED) is 0.560. The summed E-state index contributed by atoms with van der Waals surface area (Å²) in [4.78, 5) is 35.6. The minimum Gasteiger partial charge on any atom is -0.454 e. The number of benzene rings is 2. The number of nitrogens with one attached hydrogen (secondary N) is 1. The number of carbonyl (C=O) groups is 2. The summed E-state index contributed by atoms with van der Waals surface area (Å²) in [6.07, 6.45) is 0.344. The summed E-state index contributed by atoms with van der Waals surface area (Å²) in [5, 5.41) is 20.1. The molecule has 2 unspecified atom stereocenters.